The van der Waals surface area contributed by atoms with Gasteiger partial charge < -0.3 is 15.4 Å². The second kappa shape index (κ2) is 7.15. The molecule has 1 amide bonds. The maximum atomic E-state index is 12.3. The van der Waals surface area contributed by atoms with Gasteiger partial charge >= 0.3 is 0 Å². The Kier molecular flexibility index (Phi) is 4.98. The van der Waals surface area contributed by atoms with Crippen LogP contribution in [-0.2, 0) is 4.79 Å². The Morgan fingerprint density at radius 1 is 1.35 bits per heavy atom. The number of aromatic nitrogens is 1. The van der Waals surface area contributed by atoms with Crippen LogP contribution < -0.4 is 10.5 Å². The number of hydrogen-bond acceptors (Lipinski definition) is 4. The van der Waals surface area contributed by atoms with Gasteiger partial charge in [0.2, 0.25) is 0 Å². The minimum absolute atomic E-state index is 0.000461. The third-order valence-corrected chi connectivity index (χ3v) is 4.66. The van der Waals surface area contributed by atoms with Gasteiger partial charge in [0.1, 0.15) is 11.3 Å². The Morgan fingerprint density at radius 3 is 2.87 bits per heavy atom. The molecule has 6 heteroatoms. The zero-order chi connectivity index (χ0) is 16.2. The van der Waals surface area contributed by atoms with Crippen LogP contribution >= 0.6 is 11.6 Å². The monoisotopic (exact) mass is 333 g/mol. The smallest absolute Gasteiger partial charge is 0.260 e. The Labute approximate surface area is 140 Å². The predicted octanol–water partition coefficient (Wildman–Crippen LogP) is 2.46. The van der Waals surface area contributed by atoms with E-state index >= 15 is 0 Å². The third-order valence-electron chi connectivity index (χ3n) is 4.33. The number of likely N-dealkylation sites (tertiary alicyclic amines) is 1. The van der Waals surface area contributed by atoms with Crippen molar-refractivity contribution < 1.29 is 9.53 Å². The molecule has 1 saturated heterocycles. The summed E-state index contributed by atoms with van der Waals surface area (Å²) >= 11 is 6.16. The number of piperidine rings is 1. The van der Waals surface area contributed by atoms with E-state index in [1.54, 1.807) is 18.3 Å². The van der Waals surface area contributed by atoms with E-state index in [9.17, 15) is 4.79 Å². The van der Waals surface area contributed by atoms with Crippen molar-refractivity contribution >= 4 is 28.4 Å². The summed E-state index contributed by atoms with van der Waals surface area (Å²) in [5, 5.41) is 1.44. The molecule has 2 aromatic rings. The number of halogens is 1. The average molecular weight is 334 g/mol. The molecular formula is C17H20ClN3O2. The number of hydrogen-bond donors (Lipinski definition) is 1. The number of pyridine rings is 1. The molecule has 2 heterocycles. The molecule has 1 aromatic heterocycles. The first-order chi connectivity index (χ1) is 11.2. The van der Waals surface area contributed by atoms with Crippen LogP contribution in [-0.4, -0.2) is 42.0 Å². The lowest BCUT2D eigenvalue weighted by Gasteiger charge is -2.31. The number of benzene rings is 1. The van der Waals surface area contributed by atoms with Crippen molar-refractivity contribution in [2.75, 3.05) is 26.2 Å². The van der Waals surface area contributed by atoms with Crippen molar-refractivity contribution in [3.05, 3.63) is 35.5 Å². The van der Waals surface area contributed by atoms with Crippen molar-refractivity contribution in [1.29, 1.82) is 0 Å². The number of rotatable bonds is 4. The van der Waals surface area contributed by atoms with Crippen molar-refractivity contribution in [3.8, 4) is 5.75 Å². The molecule has 0 bridgehead atoms. The number of nitrogens with zero attached hydrogens (tertiary/aromatic N) is 2. The molecule has 0 saturated carbocycles. The van der Waals surface area contributed by atoms with E-state index in [2.05, 4.69) is 4.98 Å². The number of nitrogens with two attached hydrogens (primary N) is 1. The summed E-state index contributed by atoms with van der Waals surface area (Å²) in [4.78, 5) is 18.4. The fourth-order valence-corrected chi connectivity index (χ4v) is 3.09. The molecule has 1 aliphatic rings. The summed E-state index contributed by atoms with van der Waals surface area (Å²) in [7, 11) is 0. The van der Waals surface area contributed by atoms with Crippen LogP contribution in [0.1, 0.15) is 12.8 Å². The topological polar surface area (TPSA) is 68.5 Å². The van der Waals surface area contributed by atoms with Gasteiger partial charge in [-0.05, 0) is 49.6 Å². The first-order valence-electron chi connectivity index (χ1n) is 7.83. The Bertz CT molecular complexity index is 699. The van der Waals surface area contributed by atoms with Crippen LogP contribution in [0.2, 0.25) is 5.02 Å². The van der Waals surface area contributed by atoms with Crippen LogP contribution in [0.4, 0.5) is 0 Å². The highest BCUT2D eigenvalue weighted by atomic mass is 35.5. The van der Waals surface area contributed by atoms with Gasteiger partial charge in [-0.1, -0.05) is 11.6 Å². The summed E-state index contributed by atoms with van der Waals surface area (Å²) in [6, 6.07) is 7.23. The molecular weight excluding hydrogens is 314 g/mol. The number of fused-ring (bicyclic) bond motifs is 1. The molecule has 23 heavy (non-hydrogen) atoms. The highest BCUT2D eigenvalue weighted by Gasteiger charge is 2.22. The fourth-order valence-electron chi connectivity index (χ4n) is 2.88. The maximum absolute atomic E-state index is 12.3. The van der Waals surface area contributed by atoms with Gasteiger partial charge in [0.05, 0.1) is 5.02 Å². The molecule has 5 nitrogen and oxygen atoms in total. The minimum Gasteiger partial charge on any atom is -0.481 e. The quantitative estimate of drug-likeness (QED) is 0.933. The maximum Gasteiger partial charge on any atom is 0.260 e. The summed E-state index contributed by atoms with van der Waals surface area (Å²) in [6.07, 6.45) is 3.62. The van der Waals surface area contributed by atoms with Crippen LogP contribution in [0.3, 0.4) is 0 Å². The van der Waals surface area contributed by atoms with Crippen LogP contribution in [0.5, 0.6) is 5.75 Å². The lowest BCUT2D eigenvalue weighted by molar-refractivity contribution is -0.134. The van der Waals surface area contributed by atoms with Gasteiger partial charge in [-0.25, -0.2) is 0 Å². The molecule has 3 rings (SSSR count). The molecule has 0 atom stereocenters. The fraction of sp³-hybridized carbons (Fsp3) is 0.412. The van der Waals surface area contributed by atoms with E-state index in [0.717, 1.165) is 31.3 Å². The first kappa shape index (κ1) is 16.0. The summed E-state index contributed by atoms with van der Waals surface area (Å²) in [5.74, 6) is 1.11. The lowest BCUT2D eigenvalue weighted by atomic mass is 9.97. The standard InChI is InChI=1S/C17H20ClN3O2/c18-14-3-4-15(17-13(14)2-1-7-20-17)23-11-16(22)21-8-5-12(10-19)6-9-21/h1-4,7,12H,5-6,8-11,19H2. The van der Waals surface area contributed by atoms with E-state index in [1.165, 1.54) is 0 Å². The second-order valence-corrected chi connectivity index (χ2v) is 6.20. The predicted molar refractivity (Wildman–Crippen MR) is 90.6 cm³/mol. The Hall–Kier alpha value is -1.85. The molecule has 0 aliphatic carbocycles. The van der Waals surface area contributed by atoms with Crippen LogP contribution in [0.15, 0.2) is 30.5 Å². The highest BCUT2D eigenvalue weighted by molar-refractivity contribution is 6.35. The Balaban J connectivity index is 1.65. The normalized spacial score (nSPS) is 15.8. The van der Waals surface area contributed by atoms with E-state index in [1.807, 2.05) is 17.0 Å². The zero-order valence-corrected chi connectivity index (χ0v) is 13.6. The number of ether oxygens (including phenoxy) is 1. The number of carbonyl (C=O) groups is 1. The van der Waals surface area contributed by atoms with Crippen molar-refractivity contribution in [3.63, 3.8) is 0 Å². The van der Waals surface area contributed by atoms with E-state index in [0.29, 0.717) is 28.8 Å². The van der Waals surface area contributed by atoms with Crippen molar-refractivity contribution in [1.82, 2.24) is 9.88 Å². The van der Waals surface area contributed by atoms with Crippen LogP contribution in [0.25, 0.3) is 10.9 Å². The van der Waals surface area contributed by atoms with Crippen LogP contribution in [0, 0.1) is 5.92 Å². The van der Waals surface area contributed by atoms with Gasteiger partial charge in [0, 0.05) is 24.7 Å². The first-order valence-corrected chi connectivity index (χ1v) is 8.20. The van der Waals surface area contributed by atoms with Crippen molar-refractivity contribution in [2.24, 2.45) is 11.7 Å². The van der Waals surface area contributed by atoms with Crippen molar-refractivity contribution in [2.45, 2.75) is 12.8 Å². The molecule has 0 radical (unpaired) electrons. The molecule has 2 N–H and O–H groups in total. The number of carbonyl (C=O) groups excluding carboxylic acids is 1. The summed E-state index contributed by atoms with van der Waals surface area (Å²) in [5.41, 5.74) is 6.35. The molecule has 0 unspecified atom stereocenters. The SMILES string of the molecule is NCC1CCN(C(=O)COc2ccc(Cl)c3cccnc23)CC1. The van der Waals surface area contributed by atoms with Gasteiger partial charge in [-0.15, -0.1) is 0 Å². The lowest BCUT2D eigenvalue weighted by Crippen LogP contribution is -2.42. The average Bonchev–Trinajstić information content (AvgIpc) is 2.61. The second-order valence-electron chi connectivity index (χ2n) is 5.79. The molecule has 122 valence electrons. The molecule has 1 aromatic carbocycles. The highest BCUT2D eigenvalue weighted by Crippen LogP contribution is 2.29. The molecule has 1 aliphatic heterocycles. The largest absolute Gasteiger partial charge is 0.481 e. The number of amides is 1. The van der Waals surface area contributed by atoms with E-state index in [-0.39, 0.29) is 12.5 Å². The minimum atomic E-state index is -0.000461. The van der Waals surface area contributed by atoms with Gasteiger partial charge in [-0.2, -0.15) is 0 Å². The summed E-state index contributed by atoms with van der Waals surface area (Å²) < 4.78 is 5.71. The van der Waals surface area contributed by atoms with Gasteiger partial charge in [-0.3, -0.25) is 9.78 Å². The third kappa shape index (κ3) is 3.57. The zero-order valence-electron chi connectivity index (χ0n) is 12.9. The van der Waals surface area contributed by atoms with E-state index < -0.39 is 0 Å². The van der Waals surface area contributed by atoms with Gasteiger partial charge in [0.15, 0.2) is 6.61 Å². The molecule has 0 spiro atoms. The molecule has 1 fully saturated rings. The Morgan fingerprint density at radius 2 is 2.13 bits per heavy atom. The summed E-state index contributed by atoms with van der Waals surface area (Å²) in [6.45, 7) is 2.22. The van der Waals surface area contributed by atoms with Gasteiger partial charge in [0.25, 0.3) is 5.91 Å². The van der Waals surface area contributed by atoms with E-state index in [4.69, 9.17) is 22.1 Å².